The average molecular weight is 462 g/mol. The summed E-state index contributed by atoms with van der Waals surface area (Å²) < 4.78 is 23.9. The average Bonchev–Trinajstić information content (AvgIpc) is 2.89. The summed E-state index contributed by atoms with van der Waals surface area (Å²) in [6.07, 6.45) is 0. The minimum Gasteiger partial charge on any atom is -0.457 e. The Labute approximate surface area is 203 Å². The topological polar surface area (TPSA) is 62.9 Å². The van der Waals surface area contributed by atoms with Crippen LogP contribution in [-0.4, -0.2) is 0 Å². The standard InChI is InChI=1S/C30H23NO4/c31-27-13-4-5-14-28(27)35-26-12-8-11-25(21-26)32-23-17-19-24(20-18-23)34-30-16-7-6-15-29(30)33-22-9-2-1-3-10-22/h1-21H,31H2. The number of nitrogen functional groups attached to an aromatic ring is 1. The highest BCUT2D eigenvalue weighted by Crippen LogP contribution is 2.36. The van der Waals surface area contributed by atoms with Gasteiger partial charge in [0.2, 0.25) is 0 Å². The molecular formula is C30H23NO4. The molecule has 0 aromatic heterocycles. The van der Waals surface area contributed by atoms with Gasteiger partial charge in [-0.1, -0.05) is 48.5 Å². The van der Waals surface area contributed by atoms with Crippen LogP contribution < -0.4 is 24.7 Å². The van der Waals surface area contributed by atoms with E-state index in [1.54, 1.807) is 6.07 Å². The largest absolute Gasteiger partial charge is 0.457 e. The predicted molar refractivity (Wildman–Crippen MR) is 137 cm³/mol. The molecule has 0 aliphatic heterocycles. The van der Waals surface area contributed by atoms with E-state index in [-0.39, 0.29) is 0 Å². The second-order valence-corrected chi connectivity index (χ2v) is 7.65. The van der Waals surface area contributed by atoms with Crippen LogP contribution in [-0.2, 0) is 0 Å². The van der Waals surface area contributed by atoms with Crippen molar-refractivity contribution in [3.8, 4) is 46.0 Å². The molecule has 0 bridgehead atoms. The number of hydrogen-bond acceptors (Lipinski definition) is 5. The molecule has 0 spiro atoms. The van der Waals surface area contributed by atoms with Crippen molar-refractivity contribution < 1.29 is 18.9 Å². The number of nitrogens with two attached hydrogens (primary N) is 1. The fraction of sp³-hybridized carbons (Fsp3) is 0. The summed E-state index contributed by atoms with van der Waals surface area (Å²) in [6.45, 7) is 0. The Bertz CT molecular complexity index is 1400. The van der Waals surface area contributed by atoms with Gasteiger partial charge in [-0.15, -0.1) is 0 Å². The highest BCUT2D eigenvalue weighted by molar-refractivity contribution is 5.54. The molecule has 0 saturated carbocycles. The molecule has 5 aromatic carbocycles. The van der Waals surface area contributed by atoms with E-state index in [4.69, 9.17) is 24.7 Å². The lowest BCUT2D eigenvalue weighted by atomic mass is 10.3. The zero-order chi connectivity index (χ0) is 23.9. The number of ether oxygens (including phenoxy) is 4. The minimum atomic E-state index is 0.574. The summed E-state index contributed by atoms with van der Waals surface area (Å²) >= 11 is 0. The first kappa shape index (κ1) is 21.9. The number of hydrogen-bond donors (Lipinski definition) is 1. The molecule has 2 N–H and O–H groups in total. The molecule has 35 heavy (non-hydrogen) atoms. The van der Waals surface area contributed by atoms with Crippen molar-refractivity contribution in [3.63, 3.8) is 0 Å². The Balaban J connectivity index is 1.26. The van der Waals surface area contributed by atoms with E-state index in [0.29, 0.717) is 45.9 Å². The fourth-order valence-electron chi connectivity index (χ4n) is 3.37. The lowest BCUT2D eigenvalue weighted by molar-refractivity contribution is 0.417. The van der Waals surface area contributed by atoms with Crippen molar-refractivity contribution in [3.05, 3.63) is 127 Å². The van der Waals surface area contributed by atoms with Gasteiger partial charge in [0.05, 0.1) is 5.69 Å². The van der Waals surface area contributed by atoms with Gasteiger partial charge in [-0.25, -0.2) is 0 Å². The summed E-state index contributed by atoms with van der Waals surface area (Å²) in [6, 6.07) is 39.3. The van der Waals surface area contributed by atoms with Crippen molar-refractivity contribution in [2.75, 3.05) is 5.73 Å². The molecule has 5 rings (SSSR count). The van der Waals surface area contributed by atoms with Gasteiger partial charge in [0, 0.05) is 6.07 Å². The van der Waals surface area contributed by atoms with Crippen molar-refractivity contribution in [2.45, 2.75) is 0 Å². The monoisotopic (exact) mass is 461 g/mol. The third-order valence-electron chi connectivity index (χ3n) is 5.06. The van der Waals surface area contributed by atoms with Crippen LogP contribution in [0.5, 0.6) is 46.0 Å². The van der Waals surface area contributed by atoms with E-state index in [9.17, 15) is 0 Å². The molecule has 0 unspecified atom stereocenters. The van der Waals surface area contributed by atoms with E-state index >= 15 is 0 Å². The normalized spacial score (nSPS) is 10.4. The third kappa shape index (κ3) is 5.72. The van der Waals surface area contributed by atoms with Gasteiger partial charge in [-0.3, -0.25) is 0 Å². The Morgan fingerprint density at radius 2 is 0.771 bits per heavy atom. The molecule has 5 aromatic rings. The van der Waals surface area contributed by atoms with Gasteiger partial charge in [-0.05, 0) is 72.8 Å². The smallest absolute Gasteiger partial charge is 0.169 e. The first-order chi connectivity index (χ1) is 17.2. The van der Waals surface area contributed by atoms with Crippen LogP contribution in [0.4, 0.5) is 5.69 Å². The summed E-state index contributed by atoms with van der Waals surface area (Å²) in [5.74, 6) is 5.21. The van der Waals surface area contributed by atoms with E-state index in [0.717, 1.165) is 5.75 Å². The predicted octanol–water partition coefficient (Wildman–Crippen LogP) is 8.44. The van der Waals surface area contributed by atoms with Gasteiger partial charge < -0.3 is 24.7 Å². The first-order valence-electron chi connectivity index (χ1n) is 11.1. The molecule has 5 heteroatoms. The molecular weight excluding hydrogens is 438 g/mol. The third-order valence-corrected chi connectivity index (χ3v) is 5.06. The van der Waals surface area contributed by atoms with E-state index in [2.05, 4.69) is 0 Å². The Kier molecular flexibility index (Phi) is 6.49. The van der Waals surface area contributed by atoms with Crippen LogP contribution in [0.15, 0.2) is 127 Å². The van der Waals surface area contributed by atoms with Gasteiger partial charge >= 0.3 is 0 Å². The molecule has 0 fully saturated rings. The summed E-state index contributed by atoms with van der Waals surface area (Å²) in [4.78, 5) is 0. The number of rotatable bonds is 8. The maximum atomic E-state index is 6.07. The minimum absolute atomic E-state index is 0.574. The molecule has 172 valence electrons. The van der Waals surface area contributed by atoms with Crippen molar-refractivity contribution in [1.82, 2.24) is 0 Å². The van der Waals surface area contributed by atoms with Gasteiger partial charge in [0.25, 0.3) is 0 Å². The van der Waals surface area contributed by atoms with Crippen LogP contribution in [0, 0.1) is 0 Å². The summed E-state index contributed by atoms with van der Waals surface area (Å²) in [7, 11) is 0. The Morgan fingerprint density at radius 3 is 1.40 bits per heavy atom. The van der Waals surface area contributed by atoms with Crippen molar-refractivity contribution in [2.24, 2.45) is 0 Å². The Hall–Kier alpha value is -4.90. The SMILES string of the molecule is Nc1ccccc1Oc1cccc(Oc2ccc(Oc3ccccc3Oc3ccccc3)cc2)c1. The lowest BCUT2D eigenvalue weighted by Crippen LogP contribution is -1.92. The molecule has 0 amide bonds. The second kappa shape index (κ2) is 10.4. The van der Waals surface area contributed by atoms with Crippen LogP contribution in [0.2, 0.25) is 0 Å². The van der Waals surface area contributed by atoms with Gasteiger partial charge in [-0.2, -0.15) is 0 Å². The van der Waals surface area contributed by atoms with Crippen LogP contribution in [0.25, 0.3) is 0 Å². The molecule has 0 aliphatic carbocycles. The molecule has 0 radical (unpaired) electrons. The summed E-state index contributed by atoms with van der Waals surface area (Å²) in [5.41, 5.74) is 6.55. The first-order valence-corrected chi connectivity index (χ1v) is 11.1. The number of anilines is 1. The highest BCUT2D eigenvalue weighted by atomic mass is 16.5. The van der Waals surface area contributed by atoms with Crippen LogP contribution >= 0.6 is 0 Å². The van der Waals surface area contributed by atoms with E-state index in [1.807, 2.05) is 121 Å². The zero-order valence-corrected chi connectivity index (χ0v) is 18.8. The maximum absolute atomic E-state index is 6.07. The fourth-order valence-corrected chi connectivity index (χ4v) is 3.37. The number of para-hydroxylation sites is 5. The quantitative estimate of drug-likeness (QED) is 0.235. The molecule has 0 atom stereocenters. The Morgan fingerprint density at radius 1 is 0.343 bits per heavy atom. The van der Waals surface area contributed by atoms with Crippen LogP contribution in [0.3, 0.4) is 0 Å². The van der Waals surface area contributed by atoms with Crippen molar-refractivity contribution in [1.29, 1.82) is 0 Å². The molecule has 0 saturated heterocycles. The van der Waals surface area contributed by atoms with Gasteiger partial charge in [0.1, 0.15) is 34.5 Å². The molecule has 0 heterocycles. The van der Waals surface area contributed by atoms with E-state index < -0.39 is 0 Å². The zero-order valence-electron chi connectivity index (χ0n) is 18.8. The number of benzene rings is 5. The lowest BCUT2D eigenvalue weighted by Gasteiger charge is -2.13. The van der Waals surface area contributed by atoms with E-state index in [1.165, 1.54) is 0 Å². The van der Waals surface area contributed by atoms with Crippen molar-refractivity contribution >= 4 is 5.69 Å². The molecule has 5 nitrogen and oxygen atoms in total. The second-order valence-electron chi connectivity index (χ2n) is 7.65. The molecule has 0 aliphatic rings. The highest BCUT2D eigenvalue weighted by Gasteiger charge is 2.08. The summed E-state index contributed by atoms with van der Waals surface area (Å²) in [5, 5.41) is 0. The van der Waals surface area contributed by atoms with Crippen LogP contribution in [0.1, 0.15) is 0 Å². The van der Waals surface area contributed by atoms with Gasteiger partial charge in [0.15, 0.2) is 11.5 Å². The maximum Gasteiger partial charge on any atom is 0.169 e.